The smallest absolute Gasteiger partial charge is 0.306 e. The van der Waals surface area contributed by atoms with Gasteiger partial charge in [0.05, 0.1) is 25.2 Å². The SMILES string of the molecule is CC/C=C/C=C/C=C\CCCCCC(CC(=O)NC(CO)C(O)CCCCCCCCCCCCC)OC(=O)CCCCCCCCCCCCCCCCCCCCC. The molecular formula is C54H101NO5. The number of amides is 1. The van der Waals surface area contributed by atoms with Gasteiger partial charge in [-0.2, -0.15) is 0 Å². The third-order valence-electron chi connectivity index (χ3n) is 12.0. The second-order valence-electron chi connectivity index (χ2n) is 18.0. The van der Waals surface area contributed by atoms with Crippen molar-refractivity contribution in [1.29, 1.82) is 0 Å². The van der Waals surface area contributed by atoms with Crippen LogP contribution in [0.25, 0.3) is 0 Å². The van der Waals surface area contributed by atoms with Crippen molar-refractivity contribution >= 4 is 11.9 Å². The standard InChI is InChI=1S/C54H101NO5/c1-4-7-10-13-16-19-22-23-24-25-26-27-28-29-32-35-38-41-44-47-54(59)60-50(45-42-39-36-33-30-20-17-14-11-8-5-2)48-53(58)55-51(49-56)52(57)46-43-40-37-34-31-21-18-15-12-9-6-3/h8,11,14,17,20,30,50-52,56-57H,4-7,9-10,12-13,15-16,18-19,21-29,31-49H2,1-3H3,(H,55,58)/b11-8+,17-14+,30-20-. The summed E-state index contributed by atoms with van der Waals surface area (Å²) in [6, 6.07) is -0.709. The molecular weight excluding hydrogens is 743 g/mol. The van der Waals surface area contributed by atoms with Gasteiger partial charge in [-0.05, 0) is 44.9 Å². The van der Waals surface area contributed by atoms with Crippen molar-refractivity contribution < 1.29 is 24.5 Å². The molecule has 0 rings (SSSR count). The zero-order chi connectivity index (χ0) is 43.8. The summed E-state index contributed by atoms with van der Waals surface area (Å²) in [5, 5.41) is 23.7. The number of aliphatic hydroxyl groups is 2. The van der Waals surface area contributed by atoms with E-state index in [1.165, 1.54) is 154 Å². The van der Waals surface area contributed by atoms with Crippen LogP contribution in [0.3, 0.4) is 0 Å². The fourth-order valence-electron chi connectivity index (χ4n) is 8.08. The first-order valence-corrected chi connectivity index (χ1v) is 26.2. The van der Waals surface area contributed by atoms with E-state index >= 15 is 0 Å². The lowest BCUT2D eigenvalue weighted by Gasteiger charge is -2.24. The lowest BCUT2D eigenvalue weighted by atomic mass is 10.0. The van der Waals surface area contributed by atoms with Crippen molar-refractivity contribution in [1.82, 2.24) is 5.32 Å². The van der Waals surface area contributed by atoms with E-state index in [1.807, 2.05) is 6.08 Å². The summed E-state index contributed by atoms with van der Waals surface area (Å²) < 4.78 is 5.92. The average molecular weight is 844 g/mol. The van der Waals surface area contributed by atoms with Crippen LogP contribution in [-0.4, -0.2) is 46.9 Å². The summed E-state index contributed by atoms with van der Waals surface area (Å²) in [6.45, 7) is 6.35. The van der Waals surface area contributed by atoms with E-state index in [0.717, 1.165) is 70.6 Å². The van der Waals surface area contributed by atoms with Crippen LogP contribution in [-0.2, 0) is 14.3 Å². The Morgan fingerprint density at radius 1 is 0.500 bits per heavy atom. The van der Waals surface area contributed by atoms with Crippen LogP contribution in [0.4, 0.5) is 0 Å². The summed E-state index contributed by atoms with van der Waals surface area (Å²) in [5.41, 5.74) is 0. The summed E-state index contributed by atoms with van der Waals surface area (Å²) >= 11 is 0. The molecule has 3 N–H and O–H groups in total. The number of aliphatic hydroxyl groups excluding tert-OH is 2. The van der Waals surface area contributed by atoms with Crippen LogP contribution in [0.15, 0.2) is 36.5 Å². The molecule has 0 heterocycles. The molecule has 0 saturated heterocycles. The number of hydrogen-bond acceptors (Lipinski definition) is 5. The first-order valence-electron chi connectivity index (χ1n) is 26.2. The Labute approximate surface area is 373 Å². The van der Waals surface area contributed by atoms with E-state index in [0.29, 0.717) is 19.3 Å². The van der Waals surface area contributed by atoms with E-state index in [9.17, 15) is 19.8 Å². The number of carbonyl (C=O) groups excluding carboxylic acids is 2. The predicted octanol–water partition coefficient (Wildman–Crippen LogP) is 15.7. The summed E-state index contributed by atoms with van der Waals surface area (Å²) in [6.07, 6.45) is 56.5. The zero-order valence-corrected chi connectivity index (χ0v) is 40.1. The third kappa shape index (κ3) is 42.8. The van der Waals surface area contributed by atoms with Crippen LogP contribution in [0.1, 0.15) is 271 Å². The molecule has 6 nitrogen and oxygen atoms in total. The van der Waals surface area contributed by atoms with E-state index in [1.54, 1.807) is 0 Å². The van der Waals surface area contributed by atoms with Gasteiger partial charge >= 0.3 is 5.97 Å². The quantitative estimate of drug-likeness (QED) is 0.0322. The molecule has 352 valence electrons. The molecule has 3 unspecified atom stereocenters. The molecule has 0 aliphatic carbocycles. The largest absolute Gasteiger partial charge is 0.462 e. The fraction of sp³-hybridized carbons (Fsp3) is 0.852. The number of unbranched alkanes of at least 4 members (excludes halogenated alkanes) is 31. The van der Waals surface area contributed by atoms with E-state index < -0.39 is 18.2 Å². The monoisotopic (exact) mass is 844 g/mol. The molecule has 0 aliphatic rings. The minimum atomic E-state index is -0.793. The maximum Gasteiger partial charge on any atom is 0.306 e. The Hall–Kier alpha value is -1.92. The van der Waals surface area contributed by atoms with Gasteiger partial charge in [0.2, 0.25) is 5.91 Å². The first kappa shape index (κ1) is 58.1. The van der Waals surface area contributed by atoms with Gasteiger partial charge < -0.3 is 20.3 Å². The van der Waals surface area contributed by atoms with Gasteiger partial charge in [0.15, 0.2) is 0 Å². The molecule has 0 aromatic heterocycles. The highest BCUT2D eigenvalue weighted by Crippen LogP contribution is 2.18. The van der Waals surface area contributed by atoms with E-state index in [4.69, 9.17) is 4.74 Å². The molecule has 0 aromatic carbocycles. The molecule has 60 heavy (non-hydrogen) atoms. The molecule has 3 atom stereocenters. The molecule has 6 heteroatoms. The van der Waals surface area contributed by atoms with Gasteiger partial charge in [-0.25, -0.2) is 0 Å². The molecule has 0 fully saturated rings. The molecule has 1 amide bonds. The van der Waals surface area contributed by atoms with Crippen molar-refractivity contribution in [2.75, 3.05) is 6.61 Å². The van der Waals surface area contributed by atoms with Gasteiger partial charge in [0.25, 0.3) is 0 Å². The average Bonchev–Trinajstić information content (AvgIpc) is 3.24. The summed E-state index contributed by atoms with van der Waals surface area (Å²) in [7, 11) is 0. The maximum absolute atomic E-state index is 13.2. The number of ether oxygens (including phenoxy) is 1. The van der Waals surface area contributed by atoms with Crippen LogP contribution in [0.5, 0.6) is 0 Å². The predicted molar refractivity (Wildman–Crippen MR) is 259 cm³/mol. The molecule has 0 bridgehead atoms. The normalized spacial score (nSPS) is 13.5. The Bertz CT molecular complexity index is 993. The van der Waals surface area contributed by atoms with Crippen molar-refractivity contribution in [2.45, 2.75) is 289 Å². The highest BCUT2D eigenvalue weighted by atomic mass is 16.5. The second-order valence-corrected chi connectivity index (χ2v) is 18.0. The molecule has 0 saturated carbocycles. The highest BCUT2D eigenvalue weighted by Gasteiger charge is 2.24. The lowest BCUT2D eigenvalue weighted by molar-refractivity contribution is -0.151. The minimum absolute atomic E-state index is 0.0581. The molecule has 0 spiro atoms. The second kappa shape index (κ2) is 48.1. The number of rotatable bonds is 47. The maximum atomic E-state index is 13.2. The van der Waals surface area contributed by atoms with Gasteiger partial charge in [-0.15, -0.1) is 0 Å². The fourth-order valence-corrected chi connectivity index (χ4v) is 8.08. The number of allylic oxidation sites excluding steroid dienone is 6. The Balaban J connectivity index is 4.46. The van der Waals surface area contributed by atoms with Gasteiger partial charge in [-0.1, -0.05) is 250 Å². The topological polar surface area (TPSA) is 95.9 Å². The Kier molecular flexibility index (Phi) is 46.6. The van der Waals surface area contributed by atoms with Gasteiger partial charge in [0, 0.05) is 6.42 Å². The highest BCUT2D eigenvalue weighted by molar-refractivity contribution is 5.77. The van der Waals surface area contributed by atoms with Crippen molar-refractivity contribution in [3.63, 3.8) is 0 Å². The summed E-state index contributed by atoms with van der Waals surface area (Å²) in [4.78, 5) is 26.1. The van der Waals surface area contributed by atoms with Crippen LogP contribution >= 0.6 is 0 Å². The van der Waals surface area contributed by atoms with Crippen LogP contribution in [0, 0.1) is 0 Å². The van der Waals surface area contributed by atoms with Crippen LogP contribution in [0.2, 0.25) is 0 Å². The van der Waals surface area contributed by atoms with Crippen LogP contribution < -0.4 is 5.32 Å². The number of nitrogens with one attached hydrogen (secondary N) is 1. The molecule has 0 aromatic rings. The first-order chi connectivity index (χ1) is 29.5. The Morgan fingerprint density at radius 2 is 0.900 bits per heavy atom. The Morgan fingerprint density at radius 3 is 1.35 bits per heavy atom. The lowest BCUT2D eigenvalue weighted by Crippen LogP contribution is -2.46. The number of hydrogen-bond donors (Lipinski definition) is 3. The van der Waals surface area contributed by atoms with Crippen molar-refractivity contribution in [3.05, 3.63) is 36.5 Å². The van der Waals surface area contributed by atoms with E-state index in [2.05, 4.69) is 56.5 Å². The minimum Gasteiger partial charge on any atom is -0.462 e. The van der Waals surface area contributed by atoms with E-state index in [-0.39, 0.29) is 24.9 Å². The van der Waals surface area contributed by atoms with Crippen molar-refractivity contribution in [2.24, 2.45) is 0 Å². The number of carbonyl (C=O) groups is 2. The molecule has 0 radical (unpaired) electrons. The summed E-state index contributed by atoms with van der Waals surface area (Å²) in [5.74, 6) is -0.498. The number of esters is 1. The zero-order valence-electron chi connectivity index (χ0n) is 40.1. The van der Waals surface area contributed by atoms with Gasteiger partial charge in [-0.3, -0.25) is 9.59 Å². The van der Waals surface area contributed by atoms with Crippen molar-refractivity contribution in [3.8, 4) is 0 Å². The van der Waals surface area contributed by atoms with Gasteiger partial charge in [0.1, 0.15) is 6.10 Å². The molecule has 0 aliphatic heterocycles. The third-order valence-corrected chi connectivity index (χ3v) is 12.0.